The molecule has 1 atom stereocenters. The summed E-state index contributed by atoms with van der Waals surface area (Å²) in [5.74, 6) is 2.10. The van der Waals surface area contributed by atoms with E-state index in [1.165, 1.54) is 0 Å². The second kappa shape index (κ2) is 6.75. The highest BCUT2D eigenvalue weighted by atomic mass is 35.5. The molecule has 96 valence electrons. The second-order valence-corrected chi connectivity index (χ2v) is 5.38. The van der Waals surface area contributed by atoms with Gasteiger partial charge in [-0.05, 0) is 30.9 Å². The van der Waals surface area contributed by atoms with Gasteiger partial charge in [0, 0.05) is 5.38 Å². The molecule has 3 heteroatoms. The van der Waals surface area contributed by atoms with Crippen molar-refractivity contribution in [2.45, 2.75) is 32.6 Å². The fourth-order valence-electron chi connectivity index (χ4n) is 1.63. The van der Waals surface area contributed by atoms with Gasteiger partial charge in [0.1, 0.15) is 0 Å². The maximum Gasteiger partial charge on any atom is 0.163 e. The van der Waals surface area contributed by atoms with Gasteiger partial charge in [-0.2, -0.15) is 0 Å². The van der Waals surface area contributed by atoms with Crippen LogP contribution in [0, 0.1) is 5.92 Å². The molecule has 2 nitrogen and oxygen atoms in total. The molecule has 0 amide bonds. The van der Waals surface area contributed by atoms with Gasteiger partial charge in [-0.3, -0.25) is 0 Å². The average molecular weight is 257 g/mol. The first-order valence-electron chi connectivity index (χ1n) is 5.97. The number of methoxy groups -OCH3 is 1. The molecule has 1 unspecified atom stereocenters. The molecule has 0 aliphatic carbocycles. The molecular formula is C14H21ClO2. The molecule has 0 bridgehead atoms. The summed E-state index contributed by atoms with van der Waals surface area (Å²) >= 11 is 6.02. The van der Waals surface area contributed by atoms with Gasteiger partial charge in [0.05, 0.1) is 13.7 Å². The zero-order chi connectivity index (χ0) is 12.8. The Morgan fingerprint density at radius 2 is 1.94 bits per heavy atom. The maximum atomic E-state index is 6.02. The summed E-state index contributed by atoms with van der Waals surface area (Å²) in [6.45, 7) is 6.91. The van der Waals surface area contributed by atoms with E-state index in [2.05, 4.69) is 13.8 Å². The van der Waals surface area contributed by atoms with E-state index in [1.807, 2.05) is 25.1 Å². The van der Waals surface area contributed by atoms with Gasteiger partial charge in [0.15, 0.2) is 11.5 Å². The molecule has 0 heterocycles. The third-order valence-corrected chi connectivity index (χ3v) is 2.49. The van der Waals surface area contributed by atoms with Crippen LogP contribution in [0.25, 0.3) is 0 Å². The topological polar surface area (TPSA) is 18.5 Å². The zero-order valence-corrected chi connectivity index (χ0v) is 11.8. The number of ether oxygens (including phenoxy) is 2. The summed E-state index contributed by atoms with van der Waals surface area (Å²) in [5, 5.41) is 0.0873. The monoisotopic (exact) mass is 256 g/mol. The minimum Gasteiger partial charge on any atom is -0.493 e. The Morgan fingerprint density at radius 3 is 2.47 bits per heavy atom. The van der Waals surface area contributed by atoms with Crippen molar-refractivity contribution in [3.05, 3.63) is 23.8 Å². The van der Waals surface area contributed by atoms with Crippen molar-refractivity contribution in [2.75, 3.05) is 13.7 Å². The number of alkyl halides is 1. The van der Waals surface area contributed by atoms with Crippen molar-refractivity contribution in [3.8, 4) is 11.5 Å². The van der Waals surface area contributed by atoms with Crippen LogP contribution in [-0.4, -0.2) is 19.1 Å². The van der Waals surface area contributed by atoms with E-state index in [9.17, 15) is 0 Å². The summed E-state index contributed by atoms with van der Waals surface area (Å²) in [5.41, 5.74) is 1.09. The lowest BCUT2D eigenvalue weighted by Crippen LogP contribution is -2.07. The van der Waals surface area contributed by atoms with Crippen LogP contribution in [0.1, 0.15) is 26.3 Å². The number of halogens is 1. The van der Waals surface area contributed by atoms with Crippen molar-refractivity contribution in [1.82, 2.24) is 0 Å². The van der Waals surface area contributed by atoms with Crippen LogP contribution in [0.3, 0.4) is 0 Å². The van der Waals surface area contributed by atoms with Gasteiger partial charge < -0.3 is 9.47 Å². The second-order valence-electron chi connectivity index (χ2n) is 4.64. The van der Waals surface area contributed by atoms with Crippen LogP contribution in [0.4, 0.5) is 0 Å². The lowest BCUT2D eigenvalue weighted by atomic mass is 10.1. The van der Waals surface area contributed by atoms with Crippen LogP contribution in [0.2, 0.25) is 0 Å². The summed E-state index contributed by atoms with van der Waals surface area (Å²) in [6, 6.07) is 5.94. The Hall–Kier alpha value is -0.890. The Balaban J connectivity index is 2.89. The molecule has 0 aromatic heterocycles. The van der Waals surface area contributed by atoms with E-state index in [-0.39, 0.29) is 5.38 Å². The number of hydrogen-bond donors (Lipinski definition) is 0. The smallest absolute Gasteiger partial charge is 0.163 e. The first-order chi connectivity index (χ1) is 8.04. The third-order valence-electron chi connectivity index (χ3n) is 2.34. The molecule has 1 aromatic carbocycles. The summed E-state index contributed by atoms with van der Waals surface area (Å²) < 4.78 is 11.2. The lowest BCUT2D eigenvalue weighted by Gasteiger charge is -2.16. The Kier molecular flexibility index (Phi) is 5.63. The molecule has 1 rings (SSSR count). The van der Waals surface area contributed by atoms with Gasteiger partial charge in [-0.15, -0.1) is 11.6 Å². The number of para-hydroxylation sites is 1. The maximum absolute atomic E-state index is 6.02. The highest BCUT2D eigenvalue weighted by molar-refractivity contribution is 6.20. The Morgan fingerprint density at radius 1 is 1.24 bits per heavy atom. The van der Waals surface area contributed by atoms with Gasteiger partial charge in [0.2, 0.25) is 0 Å². The van der Waals surface area contributed by atoms with Crippen molar-refractivity contribution < 1.29 is 9.47 Å². The Bertz CT molecular complexity index is 348. The first-order valence-corrected chi connectivity index (χ1v) is 6.41. The molecule has 17 heavy (non-hydrogen) atoms. The van der Waals surface area contributed by atoms with Gasteiger partial charge in [-0.25, -0.2) is 0 Å². The van der Waals surface area contributed by atoms with Gasteiger partial charge >= 0.3 is 0 Å². The molecular weight excluding hydrogens is 236 g/mol. The minimum absolute atomic E-state index is 0.0873. The Labute approximate surface area is 109 Å². The number of benzene rings is 1. The standard InChI is InChI=1S/C14H21ClO2/c1-10(2)9-17-13-7-5-6-12(8-11(3)15)14(13)16-4/h5-7,10-11H,8-9H2,1-4H3. The van der Waals surface area contributed by atoms with E-state index in [0.717, 1.165) is 23.5 Å². The van der Waals surface area contributed by atoms with Crippen molar-refractivity contribution in [3.63, 3.8) is 0 Å². The van der Waals surface area contributed by atoms with Crippen molar-refractivity contribution in [1.29, 1.82) is 0 Å². The van der Waals surface area contributed by atoms with E-state index in [4.69, 9.17) is 21.1 Å². The molecule has 1 aromatic rings. The molecule has 0 saturated heterocycles. The highest BCUT2D eigenvalue weighted by Crippen LogP contribution is 2.32. The summed E-state index contributed by atoms with van der Waals surface area (Å²) in [4.78, 5) is 0. The van der Waals surface area contributed by atoms with Crippen LogP contribution in [0.5, 0.6) is 11.5 Å². The first kappa shape index (κ1) is 14.2. The molecule has 0 fully saturated rings. The third kappa shape index (κ3) is 4.47. The number of hydrogen-bond acceptors (Lipinski definition) is 2. The van der Waals surface area contributed by atoms with Crippen LogP contribution in [0.15, 0.2) is 18.2 Å². The van der Waals surface area contributed by atoms with Crippen LogP contribution < -0.4 is 9.47 Å². The van der Waals surface area contributed by atoms with Crippen molar-refractivity contribution in [2.24, 2.45) is 5.92 Å². The van der Waals surface area contributed by atoms with E-state index < -0.39 is 0 Å². The van der Waals surface area contributed by atoms with Crippen LogP contribution in [-0.2, 0) is 6.42 Å². The van der Waals surface area contributed by atoms with E-state index in [0.29, 0.717) is 12.5 Å². The van der Waals surface area contributed by atoms with Gasteiger partial charge in [-0.1, -0.05) is 26.0 Å². The predicted octanol–water partition coefficient (Wildman–Crippen LogP) is 3.90. The predicted molar refractivity (Wildman–Crippen MR) is 72.3 cm³/mol. The molecule has 0 aliphatic heterocycles. The van der Waals surface area contributed by atoms with Crippen molar-refractivity contribution >= 4 is 11.6 Å². The molecule has 0 radical (unpaired) electrons. The SMILES string of the molecule is COc1c(CC(C)Cl)cccc1OCC(C)C. The normalized spacial score (nSPS) is 12.6. The zero-order valence-electron chi connectivity index (χ0n) is 11.0. The largest absolute Gasteiger partial charge is 0.493 e. The van der Waals surface area contributed by atoms with Crippen LogP contribution >= 0.6 is 11.6 Å². The summed E-state index contributed by atoms with van der Waals surface area (Å²) in [7, 11) is 1.67. The summed E-state index contributed by atoms with van der Waals surface area (Å²) in [6.07, 6.45) is 0.781. The minimum atomic E-state index is 0.0873. The highest BCUT2D eigenvalue weighted by Gasteiger charge is 2.12. The fraction of sp³-hybridized carbons (Fsp3) is 0.571. The molecule has 0 saturated carbocycles. The van der Waals surface area contributed by atoms with Gasteiger partial charge in [0.25, 0.3) is 0 Å². The fourth-order valence-corrected chi connectivity index (χ4v) is 1.79. The quantitative estimate of drug-likeness (QED) is 0.719. The number of rotatable bonds is 6. The van der Waals surface area contributed by atoms with E-state index >= 15 is 0 Å². The van der Waals surface area contributed by atoms with E-state index in [1.54, 1.807) is 7.11 Å². The average Bonchev–Trinajstić information content (AvgIpc) is 2.25. The lowest BCUT2D eigenvalue weighted by molar-refractivity contribution is 0.256. The molecule has 0 spiro atoms. The molecule has 0 aliphatic rings. The molecule has 0 N–H and O–H groups in total.